The highest BCUT2D eigenvalue weighted by atomic mass is 16.6. The van der Waals surface area contributed by atoms with Crippen molar-refractivity contribution in [3.8, 4) is 5.75 Å². The van der Waals surface area contributed by atoms with Gasteiger partial charge in [-0.15, -0.1) is 0 Å². The van der Waals surface area contributed by atoms with Gasteiger partial charge in [-0.25, -0.2) is 0 Å². The van der Waals surface area contributed by atoms with Crippen LogP contribution in [0.15, 0.2) is 24.3 Å². The molecule has 0 aliphatic carbocycles. The molecule has 1 rings (SSSR count). The smallest absolute Gasteiger partial charge is 0.269 e. The molecule has 0 heterocycles. The zero-order valence-corrected chi connectivity index (χ0v) is 9.01. The standard InChI is InChI=1S/C11H13NO4/c1-9(13)3-2-8-16-11-6-4-10(5-7-11)12(14)15/h4-7H,2-3,8H2,1H3. The number of nitrogens with zero attached hydrogens (tertiary/aromatic N) is 1. The van der Waals surface area contributed by atoms with Crippen molar-refractivity contribution in [1.82, 2.24) is 0 Å². The fourth-order valence-corrected chi connectivity index (χ4v) is 1.18. The molecule has 16 heavy (non-hydrogen) atoms. The lowest BCUT2D eigenvalue weighted by Gasteiger charge is -2.04. The molecule has 1 aromatic rings. The SMILES string of the molecule is CC(=O)CCCOc1ccc([N+](=O)[O-])cc1. The predicted octanol–water partition coefficient (Wildman–Crippen LogP) is 2.34. The van der Waals surface area contributed by atoms with E-state index in [1.165, 1.54) is 19.1 Å². The van der Waals surface area contributed by atoms with Gasteiger partial charge in [-0.05, 0) is 25.5 Å². The van der Waals surface area contributed by atoms with Crippen LogP contribution in [0.3, 0.4) is 0 Å². The largest absolute Gasteiger partial charge is 0.494 e. The summed E-state index contributed by atoms with van der Waals surface area (Å²) in [5.41, 5.74) is 0.0380. The highest BCUT2D eigenvalue weighted by molar-refractivity contribution is 5.75. The Morgan fingerprint density at radius 2 is 2.00 bits per heavy atom. The maximum atomic E-state index is 10.6. The monoisotopic (exact) mass is 223 g/mol. The Labute approximate surface area is 93.2 Å². The van der Waals surface area contributed by atoms with Crippen molar-refractivity contribution in [3.05, 3.63) is 34.4 Å². The lowest BCUT2D eigenvalue weighted by molar-refractivity contribution is -0.384. The van der Waals surface area contributed by atoms with Gasteiger partial charge in [0, 0.05) is 18.6 Å². The van der Waals surface area contributed by atoms with E-state index in [1.807, 2.05) is 0 Å². The molecule has 0 aromatic heterocycles. The molecule has 0 aliphatic rings. The number of non-ortho nitro benzene ring substituents is 1. The Morgan fingerprint density at radius 1 is 1.38 bits per heavy atom. The highest BCUT2D eigenvalue weighted by Gasteiger charge is 2.04. The number of carbonyl (C=O) groups is 1. The van der Waals surface area contributed by atoms with Crippen LogP contribution in [0, 0.1) is 10.1 Å². The molecule has 0 saturated carbocycles. The quantitative estimate of drug-likeness (QED) is 0.421. The van der Waals surface area contributed by atoms with E-state index in [4.69, 9.17) is 4.74 Å². The predicted molar refractivity (Wildman–Crippen MR) is 58.5 cm³/mol. The number of hydrogen-bond donors (Lipinski definition) is 0. The number of nitro benzene ring substituents is 1. The van der Waals surface area contributed by atoms with Crippen LogP contribution in [0.4, 0.5) is 5.69 Å². The minimum atomic E-state index is -0.459. The van der Waals surface area contributed by atoms with E-state index in [2.05, 4.69) is 0 Å². The maximum absolute atomic E-state index is 10.6. The first-order valence-corrected chi connectivity index (χ1v) is 4.96. The average molecular weight is 223 g/mol. The molecule has 1 aromatic carbocycles. The van der Waals surface area contributed by atoms with Gasteiger partial charge in [0.25, 0.3) is 5.69 Å². The van der Waals surface area contributed by atoms with Crippen LogP contribution in [0.2, 0.25) is 0 Å². The van der Waals surface area contributed by atoms with Gasteiger partial charge in [-0.1, -0.05) is 0 Å². The Balaban J connectivity index is 2.38. The third kappa shape index (κ3) is 4.08. The molecule has 5 nitrogen and oxygen atoms in total. The van der Waals surface area contributed by atoms with Crippen LogP contribution in [-0.4, -0.2) is 17.3 Å². The zero-order chi connectivity index (χ0) is 12.0. The van der Waals surface area contributed by atoms with Gasteiger partial charge in [0.2, 0.25) is 0 Å². The van der Waals surface area contributed by atoms with E-state index in [9.17, 15) is 14.9 Å². The zero-order valence-electron chi connectivity index (χ0n) is 9.01. The van der Waals surface area contributed by atoms with E-state index in [-0.39, 0.29) is 11.5 Å². The molecule has 86 valence electrons. The van der Waals surface area contributed by atoms with Gasteiger partial charge in [0.1, 0.15) is 11.5 Å². The first kappa shape index (κ1) is 12.2. The summed E-state index contributed by atoms with van der Waals surface area (Å²) in [7, 11) is 0. The Hall–Kier alpha value is -1.91. The van der Waals surface area contributed by atoms with Crippen LogP contribution in [0.25, 0.3) is 0 Å². The summed E-state index contributed by atoms with van der Waals surface area (Å²) in [6.07, 6.45) is 1.15. The average Bonchev–Trinajstić information content (AvgIpc) is 2.25. The second kappa shape index (κ2) is 5.85. The summed E-state index contributed by atoms with van der Waals surface area (Å²) < 4.78 is 5.32. The molecular formula is C11H13NO4. The molecule has 0 unspecified atom stereocenters. The van der Waals surface area contributed by atoms with Crippen molar-refractivity contribution in [1.29, 1.82) is 0 Å². The van der Waals surface area contributed by atoms with Crippen LogP contribution in [0.5, 0.6) is 5.75 Å². The van der Waals surface area contributed by atoms with Crippen LogP contribution in [0.1, 0.15) is 19.8 Å². The molecular weight excluding hydrogens is 210 g/mol. The third-order valence-electron chi connectivity index (χ3n) is 1.99. The normalized spacial score (nSPS) is 9.81. The number of benzene rings is 1. The van der Waals surface area contributed by atoms with Crippen LogP contribution < -0.4 is 4.74 Å². The highest BCUT2D eigenvalue weighted by Crippen LogP contribution is 2.17. The fourth-order valence-electron chi connectivity index (χ4n) is 1.18. The molecule has 0 bridgehead atoms. The number of rotatable bonds is 6. The van der Waals surface area contributed by atoms with Gasteiger partial charge in [0.05, 0.1) is 11.5 Å². The first-order valence-electron chi connectivity index (χ1n) is 4.96. The van der Waals surface area contributed by atoms with E-state index in [0.717, 1.165) is 0 Å². The molecule has 0 N–H and O–H groups in total. The molecule has 0 atom stereocenters. The summed E-state index contributed by atoms with van der Waals surface area (Å²) in [6.45, 7) is 1.98. The Kier molecular flexibility index (Phi) is 4.44. The van der Waals surface area contributed by atoms with Crippen molar-refractivity contribution in [2.75, 3.05) is 6.61 Å². The topological polar surface area (TPSA) is 69.4 Å². The number of nitro groups is 1. The van der Waals surface area contributed by atoms with Crippen molar-refractivity contribution in [2.24, 2.45) is 0 Å². The summed E-state index contributed by atoms with van der Waals surface area (Å²) >= 11 is 0. The van der Waals surface area contributed by atoms with Crippen LogP contribution in [-0.2, 0) is 4.79 Å². The van der Waals surface area contributed by atoms with Gasteiger partial charge < -0.3 is 9.53 Å². The summed E-state index contributed by atoms with van der Waals surface area (Å²) in [5, 5.41) is 10.4. The van der Waals surface area contributed by atoms with E-state index in [0.29, 0.717) is 25.2 Å². The second-order valence-corrected chi connectivity index (χ2v) is 3.41. The Morgan fingerprint density at radius 3 is 2.50 bits per heavy atom. The van der Waals surface area contributed by atoms with Gasteiger partial charge in [0.15, 0.2) is 0 Å². The second-order valence-electron chi connectivity index (χ2n) is 3.41. The minimum absolute atomic E-state index is 0.0380. The molecule has 0 fully saturated rings. The van der Waals surface area contributed by atoms with Crippen molar-refractivity contribution in [3.63, 3.8) is 0 Å². The van der Waals surface area contributed by atoms with Gasteiger partial charge >= 0.3 is 0 Å². The summed E-state index contributed by atoms with van der Waals surface area (Å²) in [4.78, 5) is 20.6. The summed E-state index contributed by atoms with van der Waals surface area (Å²) in [6, 6.07) is 5.87. The minimum Gasteiger partial charge on any atom is -0.494 e. The molecule has 0 spiro atoms. The van der Waals surface area contributed by atoms with Gasteiger partial charge in [-0.2, -0.15) is 0 Å². The van der Waals surface area contributed by atoms with Crippen molar-refractivity contribution < 1.29 is 14.5 Å². The number of carbonyl (C=O) groups excluding carboxylic acids is 1. The molecule has 0 saturated heterocycles. The molecule has 0 amide bonds. The number of hydrogen-bond acceptors (Lipinski definition) is 4. The number of ether oxygens (including phenoxy) is 1. The molecule has 0 radical (unpaired) electrons. The van der Waals surface area contributed by atoms with Crippen molar-refractivity contribution >= 4 is 11.5 Å². The van der Waals surface area contributed by atoms with Crippen LogP contribution >= 0.6 is 0 Å². The maximum Gasteiger partial charge on any atom is 0.269 e. The van der Waals surface area contributed by atoms with E-state index in [1.54, 1.807) is 12.1 Å². The van der Waals surface area contributed by atoms with E-state index < -0.39 is 4.92 Å². The van der Waals surface area contributed by atoms with Gasteiger partial charge in [-0.3, -0.25) is 10.1 Å². The molecule has 5 heteroatoms. The lowest BCUT2D eigenvalue weighted by atomic mass is 10.2. The lowest BCUT2D eigenvalue weighted by Crippen LogP contribution is -2.00. The number of Topliss-reactive ketones (excluding diaryl/α,β-unsaturated/α-hetero) is 1. The fraction of sp³-hybridized carbons (Fsp3) is 0.364. The van der Waals surface area contributed by atoms with Crippen molar-refractivity contribution in [2.45, 2.75) is 19.8 Å². The number of ketones is 1. The Bertz CT molecular complexity index is 372. The first-order chi connectivity index (χ1) is 7.59. The molecule has 0 aliphatic heterocycles. The summed E-state index contributed by atoms with van der Waals surface area (Å²) in [5.74, 6) is 0.710. The van der Waals surface area contributed by atoms with E-state index >= 15 is 0 Å². The third-order valence-corrected chi connectivity index (χ3v) is 1.99.